The molecular formula is C16H25N3O. The fourth-order valence-corrected chi connectivity index (χ4v) is 2.69. The molecule has 1 aromatic rings. The average Bonchev–Trinajstić information content (AvgIpc) is 2.96. The summed E-state index contributed by atoms with van der Waals surface area (Å²) in [5.74, 6) is 0.646. The molecule has 1 saturated carbocycles. The first-order chi connectivity index (χ1) is 9.70. The van der Waals surface area contributed by atoms with Crippen LogP contribution in [0.15, 0.2) is 12.3 Å². The Balaban J connectivity index is 1.99. The van der Waals surface area contributed by atoms with Crippen molar-refractivity contribution in [1.29, 1.82) is 0 Å². The molecule has 0 unspecified atom stereocenters. The molecule has 1 amide bonds. The minimum atomic E-state index is -0.0111. The number of aryl methyl sites for hydroxylation is 1. The summed E-state index contributed by atoms with van der Waals surface area (Å²) in [6.45, 7) is 5.71. The summed E-state index contributed by atoms with van der Waals surface area (Å²) >= 11 is 0. The topological polar surface area (TPSA) is 54.0 Å². The van der Waals surface area contributed by atoms with Gasteiger partial charge in [-0.3, -0.25) is 9.78 Å². The number of nitrogens with one attached hydrogen (secondary N) is 2. The fraction of sp³-hybridized carbons (Fsp3) is 0.625. The van der Waals surface area contributed by atoms with Gasteiger partial charge in [0.2, 0.25) is 0 Å². The van der Waals surface area contributed by atoms with Crippen molar-refractivity contribution in [1.82, 2.24) is 10.3 Å². The van der Waals surface area contributed by atoms with Gasteiger partial charge in [0.05, 0.1) is 11.3 Å². The van der Waals surface area contributed by atoms with Crippen LogP contribution in [0.3, 0.4) is 0 Å². The van der Waals surface area contributed by atoms with Crippen LogP contribution in [0.25, 0.3) is 0 Å². The van der Waals surface area contributed by atoms with Crippen LogP contribution in [-0.4, -0.2) is 24.0 Å². The third kappa shape index (κ3) is 3.95. The third-order valence-corrected chi connectivity index (χ3v) is 3.88. The van der Waals surface area contributed by atoms with E-state index in [1.54, 1.807) is 6.20 Å². The van der Waals surface area contributed by atoms with Crippen molar-refractivity contribution in [3.05, 3.63) is 23.5 Å². The Hall–Kier alpha value is -1.58. The normalized spacial score (nSPS) is 15.3. The van der Waals surface area contributed by atoms with Crippen LogP contribution in [0.2, 0.25) is 0 Å². The van der Waals surface area contributed by atoms with Crippen LogP contribution in [0.1, 0.15) is 55.1 Å². The molecular weight excluding hydrogens is 250 g/mol. The van der Waals surface area contributed by atoms with Gasteiger partial charge in [0, 0.05) is 25.0 Å². The lowest BCUT2D eigenvalue weighted by molar-refractivity contribution is 0.0948. The lowest BCUT2D eigenvalue weighted by atomic mass is 10.1. The van der Waals surface area contributed by atoms with Crippen molar-refractivity contribution in [2.45, 2.75) is 46.0 Å². The van der Waals surface area contributed by atoms with Gasteiger partial charge in [0.1, 0.15) is 0 Å². The van der Waals surface area contributed by atoms with E-state index < -0.39 is 0 Å². The molecule has 2 rings (SSSR count). The van der Waals surface area contributed by atoms with Crippen LogP contribution < -0.4 is 10.6 Å². The fourth-order valence-electron chi connectivity index (χ4n) is 2.69. The zero-order chi connectivity index (χ0) is 14.4. The van der Waals surface area contributed by atoms with Crippen LogP contribution in [0, 0.1) is 12.8 Å². The van der Waals surface area contributed by atoms with E-state index in [4.69, 9.17) is 0 Å². The van der Waals surface area contributed by atoms with E-state index in [-0.39, 0.29) is 5.91 Å². The van der Waals surface area contributed by atoms with Gasteiger partial charge in [-0.1, -0.05) is 19.8 Å². The maximum atomic E-state index is 12.3. The van der Waals surface area contributed by atoms with Crippen molar-refractivity contribution in [3.63, 3.8) is 0 Å². The Kier molecular flexibility index (Phi) is 5.39. The van der Waals surface area contributed by atoms with E-state index in [9.17, 15) is 4.79 Å². The Morgan fingerprint density at radius 2 is 2.15 bits per heavy atom. The number of carbonyl (C=O) groups excluding carboxylic acids is 1. The molecule has 0 saturated heterocycles. The first-order valence-electron chi connectivity index (χ1n) is 7.69. The summed E-state index contributed by atoms with van der Waals surface area (Å²) in [5, 5.41) is 6.37. The number of amides is 1. The molecule has 0 aromatic carbocycles. The molecule has 1 aromatic heterocycles. The number of aromatic nitrogens is 1. The molecule has 1 fully saturated rings. The predicted octanol–water partition coefficient (Wildman–Crippen LogP) is 3.13. The van der Waals surface area contributed by atoms with Gasteiger partial charge in [-0.05, 0) is 38.2 Å². The molecule has 4 nitrogen and oxygen atoms in total. The summed E-state index contributed by atoms with van der Waals surface area (Å²) in [4.78, 5) is 16.6. The number of anilines is 1. The lowest BCUT2D eigenvalue weighted by Gasteiger charge is -2.14. The molecule has 0 spiro atoms. The molecule has 110 valence electrons. The van der Waals surface area contributed by atoms with E-state index in [1.807, 2.05) is 13.0 Å². The Labute approximate surface area is 121 Å². The SMILES string of the molecule is CCCNc1cc(C)ncc1C(=O)NCC1CCCC1. The van der Waals surface area contributed by atoms with Crippen molar-refractivity contribution in [2.24, 2.45) is 5.92 Å². The quantitative estimate of drug-likeness (QED) is 0.838. The van der Waals surface area contributed by atoms with Gasteiger partial charge in [-0.25, -0.2) is 0 Å². The highest BCUT2D eigenvalue weighted by Gasteiger charge is 2.17. The van der Waals surface area contributed by atoms with Gasteiger partial charge < -0.3 is 10.6 Å². The zero-order valence-electron chi connectivity index (χ0n) is 12.5. The van der Waals surface area contributed by atoms with Gasteiger partial charge in [0.15, 0.2) is 0 Å². The summed E-state index contributed by atoms with van der Waals surface area (Å²) in [6.07, 6.45) is 7.80. The van der Waals surface area contributed by atoms with Crippen LogP contribution in [0.5, 0.6) is 0 Å². The standard InChI is InChI=1S/C16H25N3O/c1-3-8-17-15-9-12(2)18-11-14(15)16(20)19-10-13-6-4-5-7-13/h9,11,13H,3-8,10H2,1-2H3,(H,17,18)(H,19,20). The lowest BCUT2D eigenvalue weighted by Crippen LogP contribution is -2.29. The summed E-state index contributed by atoms with van der Waals surface area (Å²) in [6, 6.07) is 1.94. The first-order valence-corrected chi connectivity index (χ1v) is 7.69. The van der Waals surface area contributed by atoms with Gasteiger partial charge >= 0.3 is 0 Å². The Morgan fingerprint density at radius 1 is 1.40 bits per heavy atom. The first kappa shape index (κ1) is 14.8. The maximum absolute atomic E-state index is 12.3. The second-order valence-corrected chi connectivity index (χ2v) is 5.66. The number of carbonyl (C=O) groups is 1. The number of hydrogen-bond acceptors (Lipinski definition) is 3. The molecule has 1 aliphatic carbocycles. The number of hydrogen-bond donors (Lipinski definition) is 2. The van der Waals surface area contributed by atoms with Crippen molar-refractivity contribution in [2.75, 3.05) is 18.4 Å². The highest BCUT2D eigenvalue weighted by atomic mass is 16.1. The molecule has 1 heterocycles. The smallest absolute Gasteiger partial charge is 0.254 e. The molecule has 20 heavy (non-hydrogen) atoms. The molecule has 0 bridgehead atoms. The number of rotatable bonds is 6. The highest BCUT2D eigenvalue weighted by molar-refractivity contribution is 5.99. The minimum Gasteiger partial charge on any atom is -0.384 e. The van der Waals surface area contributed by atoms with Crippen molar-refractivity contribution in [3.8, 4) is 0 Å². The van der Waals surface area contributed by atoms with Gasteiger partial charge in [0.25, 0.3) is 5.91 Å². The molecule has 0 radical (unpaired) electrons. The molecule has 4 heteroatoms. The Bertz CT molecular complexity index is 453. The second-order valence-electron chi connectivity index (χ2n) is 5.66. The maximum Gasteiger partial charge on any atom is 0.254 e. The summed E-state index contributed by atoms with van der Waals surface area (Å²) in [7, 11) is 0. The minimum absolute atomic E-state index is 0.0111. The van der Waals surface area contributed by atoms with Crippen LogP contribution >= 0.6 is 0 Å². The van der Waals surface area contributed by atoms with Gasteiger partial charge in [-0.2, -0.15) is 0 Å². The molecule has 1 aliphatic rings. The number of nitrogens with zero attached hydrogens (tertiary/aromatic N) is 1. The third-order valence-electron chi connectivity index (χ3n) is 3.88. The van der Waals surface area contributed by atoms with E-state index in [1.165, 1.54) is 25.7 Å². The number of pyridine rings is 1. The monoisotopic (exact) mass is 275 g/mol. The average molecular weight is 275 g/mol. The molecule has 0 atom stereocenters. The second kappa shape index (κ2) is 7.27. The van der Waals surface area contributed by atoms with E-state index in [2.05, 4.69) is 22.5 Å². The van der Waals surface area contributed by atoms with Crippen LogP contribution in [0.4, 0.5) is 5.69 Å². The van der Waals surface area contributed by atoms with E-state index in [0.717, 1.165) is 30.9 Å². The summed E-state index contributed by atoms with van der Waals surface area (Å²) < 4.78 is 0. The van der Waals surface area contributed by atoms with Crippen LogP contribution in [-0.2, 0) is 0 Å². The van der Waals surface area contributed by atoms with Crippen molar-refractivity contribution >= 4 is 11.6 Å². The van der Waals surface area contributed by atoms with E-state index >= 15 is 0 Å². The summed E-state index contributed by atoms with van der Waals surface area (Å²) in [5.41, 5.74) is 2.47. The van der Waals surface area contributed by atoms with E-state index in [0.29, 0.717) is 11.5 Å². The zero-order valence-corrected chi connectivity index (χ0v) is 12.5. The molecule has 0 aliphatic heterocycles. The Morgan fingerprint density at radius 3 is 2.85 bits per heavy atom. The van der Waals surface area contributed by atoms with Gasteiger partial charge in [-0.15, -0.1) is 0 Å². The largest absolute Gasteiger partial charge is 0.384 e. The molecule has 2 N–H and O–H groups in total. The predicted molar refractivity (Wildman–Crippen MR) is 82.0 cm³/mol. The van der Waals surface area contributed by atoms with Crippen molar-refractivity contribution < 1.29 is 4.79 Å². The highest BCUT2D eigenvalue weighted by Crippen LogP contribution is 2.24.